The molecule has 2 amide bonds. The maximum Gasteiger partial charge on any atom is 0.255 e. The first-order chi connectivity index (χ1) is 12.1. The zero-order chi connectivity index (χ0) is 17.6. The second-order valence-electron chi connectivity index (χ2n) is 5.24. The fourth-order valence-corrected chi connectivity index (χ4v) is 2.18. The van der Waals surface area contributed by atoms with Crippen LogP contribution in [0.1, 0.15) is 20.7 Å². The first kappa shape index (κ1) is 16.3. The van der Waals surface area contributed by atoms with Gasteiger partial charge in [0.15, 0.2) is 0 Å². The SMILES string of the molecule is O=C(Nc1cccnc1)c1ccc(NC(=O)c2cccc(F)c2)cc1. The smallest absolute Gasteiger partial charge is 0.255 e. The molecule has 5 nitrogen and oxygen atoms in total. The van der Waals surface area contributed by atoms with Gasteiger partial charge in [-0.3, -0.25) is 14.6 Å². The van der Waals surface area contributed by atoms with Crippen LogP contribution in [0, 0.1) is 5.82 Å². The van der Waals surface area contributed by atoms with Gasteiger partial charge in [-0.25, -0.2) is 4.39 Å². The van der Waals surface area contributed by atoms with Crippen LogP contribution in [0.25, 0.3) is 0 Å². The van der Waals surface area contributed by atoms with Gasteiger partial charge in [-0.1, -0.05) is 6.07 Å². The standard InChI is InChI=1S/C19H14FN3O2/c20-15-4-1-3-14(11-15)19(25)22-16-8-6-13(7-9-16)18(24)23-17-5-2-10-21-12-17/h1-12H,(H,22,25)(H,23,24). The van der Waals surface area contributed by atoms with Crippen molar-refractivity contribution in [3.8, 4) is 0 Å². The minimum absolute atomic E-state index is 0.221. The number of benzene rings is 2. The fourth-order valence-electron chi connectivity index (χ4n) is 2.18. The first-order valence-electron chi connectivity index (χ1n) is 7.50. The van der Waals surface area contributed by atoms with E-state index in [1.165, 1.54) is 18.2 Å². The maximum atomic E-state index is 13.2. The van der Waals surface area contributed by atoms with Crippen LogP contribution in [0.3, 0.4) is 0 Å². The van der Waals surface area contributed by atoms with Crippen molar-refractivity contribution in [2.24, 2.45) is 0 Å². The van der Waals surface area contributed by atoms with Crippen LogP contribution < -0.4 is 10.6 Å². The van der Waals surface area contributed by atoms with Gasteiger partial charge in [0.05, 0.1) is 11.9 Å². The largest absolute Gasteiger partial charge is 0.322 e. The van der Waals surface area contributed by atoms with Crippen LogP contribution in [0.5, 0.6) is 0 Å². The van der Waals surface area contributed by atoms with Crippen LogP contribution in [-0.4, -0.2) is 16.8 Å². The van der Waals surface area contributed by atoms with Gasteiger partial charge in [0.2, 0.25) is 0 Å². The molecule has 0 spiro atoms. The number of pyridine rings is 1. The number of halogens is 1. The molecule has 0 unspecified atom stereocenters. The van der Waals surface area contributed by atoms with Crippen LogP contribution >= 0.6 is 0 Å². The van der Waals surface area contributed by atoms with Crippen molar-refractivity contribution in [3.05, 3.63) is 90.0 Å². The van der Waals surface area contributed by atoms with Crippen molar-refractivity contribution in [1.29, 1.82) is 0 Å². The predicted octanol–water partition coefficient (Wildman–Crippen LogP) is 3.73. The molecule has 0 saturated carbocycles. The molecule has 0 bridgehead atoms. The normalized spacial score (nSPS) is 10.1. The van der Waals surface area contributed by atoms with E-state index in [-0.39, 0.29) is 11.5 Å². The average molecular weight is 335 g/mol. The van der Waals surface area contributed by atoms with E-state index in [1.54, 1.807) is 48.8 Å². The molecule has 1 heterocycles. The molecular weight excluding hydrogens is 321 g/mol. The van der Waals surface area contributed by atoms with E-state index in [9.17, 15) is 14.0 Å². The Hall–Kier alpha value is -3.54. The summed E-state index contributed by atoms with van der Waals surface area (Å²) in [6.45, 7) is 0. The van der Waals surface area contributed by atoms with E-state index in [0.29, 0.717) is 16.9 Å². The van der Waals surface area contributed by atoms with E-state index in [0.717, 1.165) is 6.07 Å². The fraction of sp³-hybridized carbons (Fsp3) is 0. The van der Waals surface area contributed by atoms with E-state index in [4.69, 9.17) is 0 Å². The van der Waals surface area contributed by atoms with E-state index < -0.39 is 11.7 Å². The molecule has 124 valence electrons. The summed E-state index contributed by atoms with van der Waals surface area (Å²) >= 11 is 0. The van der Waals surface area contributed by atoms with Crippen molar-refractivity contribution >= 4 is 23.2 Å². The van der Waals surface area contributed by atoms with Crippen LogP contribution in [-0.2, 0) is 0 Å². The topological polar surface area (TPSA) is 71.1 Å². The molecule has 6 heteroatoms. The highest BCUT2D eigenvalue weighted by Gasteiger charge is 2.09. The lowest BCUT2D eigenvalue weighted by Crippen LogP contribution is -2.14. The van der Waals surface area contributed by atoms with Crippen molar-refractivity contribution in [2.45, 2.75) is 0 Å². The third kappa shape index (κ3) is 4.26. The Morgan fingerprint density at radius 3 is 2.20 bits per heavy atom. The maximum absolute atomic E-state index is 13.2. The molecule has 3 aromatic rings. The number of anilines is 2. The van der Waals surface area contributed by atoms with Gasteiger partial charge in [0, 0.05) is 23.0 Å². The molecule has 25 heavy (non-hydrogen) atoms. The molecular formula is C19H14FN3O2. The molecule has 3 rings (SSSR count). The zero-order valence-electron chi connectivity index (χ0n) is 13.1. The Kier molecular flexibility index (Phi) is 4.80. The Morgan fingerprint density at radius 1 is 0.800 bits per heavy atom. The lowest BCUT2D eigenvalue weighted by Gasteiger charge is -2.07. The van der Waals surface area contributed by atoms with Gasteiger partial charge < -0.3 is 10.6 Å². The summed E-state index contributed by atoms with van der Waals surface area (Å²) < 4.78 is 13.2. The molecule has 0 atom stereocenters. The number of hydrogen-bond donors (Lipinski definition) is 2. The molecule has 0 aliphatic heterocycles. The quantitative estimate of drug-likeness (QED) is 0.763. The summed E-state index contributed by atoms with van der Waals surface area (Å²) in [5.74, 6) is -1.18. The molecule has 0 saturated heterocycles. The number of amides is 2. The molecule has 0 fully saturated rings. The molecule has 0 aliphatic carbocycles. The summed E-state index contributed by atoms with van der Waals surface area (Å²) in [4.78, 5) is 28.1. The minimum atomic E-state index is -0.477. The Balaban J connectivity index is 1.66. The number of hydrogen-bond acceptors (Lipinski definition) is 3. The van der Waals surface area contributed by atoms with Crippen LogP contribution in [0.15, 0.2) is 73.1 Å². The number of nitrogens with one attached hydrogen (secondary N) is 2. The Bertz CT molecular complexity index is 896. The lowest BCUT2D eigenvalue weighted by atomic mass is 10.1. The second kappa shape index (κ2) is 7.35. The summed E-state index contributed by atoms with van der Waals surface area (Å²) in [5.41, 5.74) is 1.76. The van der Waals surface area contributed by atoms with Crippen molar-refractivity contribution in [1.82, 2.24) is 4.98 Å². The number of rotatable bonds is 4. The van der Waals surface area contributed by atoms with E-state index in [2.05, 4.69) is 15.6 Å². The summed E-state index contributed by atoms with van der Waals surface area (Å²) in [6, 6.07) is 15.3. The minimum Gasteiger partial charge on any atom is -0.322 e. The van der Waals surface area contributed by atoms with Crippen LogP contribution in [0.4, 0.5) is 15.8 Å². The van der Waals surface area contributed by atoms with Gasteiger partial charge in [-0.15, -0.1) is 0 Å². The monoisotopic (exact) mass is 335 g/mol. The summed E-state index contributed by atoms with van der Waals surface area (Å²) in [6.07, 6.45) is 3.16. The Morgan fingerprint density at radius 2 is 1.52 bits per heavy atom. The highest BCUT2D eigenvalue weighted by Crippen LogP contribution is 2.14. The molecule has 0 radical (unpaired) electrons. The molecule has 2 N–H and O–H groups in total. The highest BCUT2D eigenvalue weighted by atomic mass is 19.1. The van der Waals surface area contributed by atoms with Crippen LogP contribution in [0.2, 0.25) is 0 Å². The number of aromatic nitrogens is 1. The van der Waals surface area contributed by atoms with Gasteiger partial charge in [0.1, 0.15) is 5.82 Å². The lowest BCUT2D eigenvalue weighted by molar-refractivity contribution is 0.101. The second-order valence-corrected chi connectivity index (χ2v) is 5.24. The molecule has 0 aliphatic rings. The third-order valence-electron chi connectivity index (χ3n) is 3.41. The zero-order valence-corrected chi connectivity index (χ0v) is 13.1. The van der Waals surface area contributed by atoms with Gasteiger partial charge in [-0.05, 0) is 54.6 Å². The van der Waals surface area contributed by atoms with Gasteiger partial charge in [-0.2, -0.15) is 0 Å². The van der Waals surface area contributed by atoms with Crippen molar-refractivity contribution in [2.75, 3.05) is 10.6 Å². The van der Waals surface area contributed by atoms with Crippen molar-refractivity contribution < 1.29 is 14.0 Å². The predicted molar refractivity (Wildman–Crippen MR) is 93.0 cm³/mol. The summed E-state index contributed by atoms with van der Waals surface area (Å²) in [7, 11) is 0. The number of nitrogens with zero attached hydrogens (tertiary/aromatic N) is 1. The first-order valence-corrected chi connectivity index (χ1v) is 7.50. The van der Waals surface area contributed by atoms with E-state index >= 15 is 0 Å². The molecule has 1 aromatic heterocycles. The Labute approximate surface area is 143 Å². The van der Waals surface area contributed by atoms with E-state index in [1.807, 2.05) is 0 Å². The number of carbonyl (C=O) groups excluding carboxylic acids is 2. The highest BCUT2D eigenvalue weighted by molar-refractivity contribution is 6.06. The average Bonchev–Trinajstić information content (AvgIpc) is 2.63. The van der Waals surface area contributed by atoms with Crippen molar-refractivity contribution in [3.63, 3.8) is 0 Å². The third-order valence-corrected chi connectivity index (χ3v) is 3.41. The molecule has 2 aromatic carbocycles. The van der Waals surface area contributed by atoms with Gasteiger partial charge >= 0.3 is 0 Å². The van der Waals surface area contributed by atoms with Gasteiger partial charge in [0.25, 0.3) is 11.8 Å². The number of carbonyl (C=O) groups is 2. The summed E-state index contributed by atoms with van der Waals surface area (Å²) in [5, 5.41) is 5.37.